The normalized spacial score (nSPS) is 10.9. The van der Waals surface area contributed by atoms with Crippen molar-refractivity contribution >= 4 is 15.7 Å². The molecule has 0 saturated heterocycles. The lowest BCUT2D eigenvalue weighted by atomic mass is 10.3. The molecule has 0 aliphatic carbocycles. The Labute approximate surface area is 96.2 Å². The Hall–Kier alpha value is -1.33. The van der Waals surface area contributed by atoms with Gasteiger partial charge in [-0.15, -0.1) is 0 Å². The van der Waals surface area contributed by atoms with E-state index in [1.807, 2.05) is 19.9 Å². The van der Waals surface area contributed by atoms with E-state index in [4.69, 9.17) is 5.14 Å². The quantitative estimate of drug-likeness (QED) is 0.787. The third kappa shape index (κ3) is 4.04. The summed E-state index contributed by atoms with van der Waals surface area (Å²) in [5.74, 6) is 0. The van der Waals surface area contributed by atoms with Crippen LogP contribution in [0.2, 0.25) is 0 Å². The summed E-state index contributed by atoms with van der Waals surface area (Å²) in [6.45, 7) is 4.76. The molecule has 0 radical (unpaired) electrons. The topological polar surface area (TPSA) is 72.2 Å². The van der Waals surface area contributed by atoms with Crippen LogP contribution in [0.15, 0.2) is 40.8 Å². The second kappa shape index (κ2) is 5.14. The minimum Gasteiger partial charge on any atom is -0.382 e. The van der Waals surface area contributed by atoms with E-state index >= 15 is 0 Å². The Kier molecular flexibility index (Phi) is 4.09. The molecule has 0 unspecified atom stereocenters. The van der Waals surface area contributed by atoms with Gasteiger partial charge in [-0.1, -0.05) is 11.6 Å². The third-order valence-electron chi connectivity index (χ3n) is 2.00. The molecule has 0 atom stereocenters. The van der Waals surface area contributed by atoms with Crippen LogP contribution in [0.1, 0.15) is 13.8 Å². The molecule has 1 rings (SSSR count). The van der Waals surface area contributed by atoms with Crippen LogP contribution in [0.5, 0.6) is 0 Å². The first-order valence-electron chi connectivity index (χ1n) is 4.90. The standard InChI is InChI=1S/C11H16N2O2S/c1-9(2)7-8-13-10-3-5-11(6-4-10)16(12,14)15/h3-7,13H,8H2,1-2H3,(H2,12,14,15). The van der Waals surface area contributed by atoms with Crippen molar-refractivity contribution in [2.45, 2.75) is 18.7 Å². The van der Waals surface area contributed by atoms with Gasteiger partial charge in [0.1, 0.15) is 0 Å². The smallest absolute Gasteiger partial charge is 0.238 e. The number of sulfonamides is 1. The summed E-state index contributed by atoms with van der Waals surface area (Å²) in [5, 5.41) is 8.13. The van der Waals surface area contributed by atoms with Crippen LogP contribution in [0, 0.1) is 0 Å². The lowest BCUT2D eigenvalue weighted by molar-refractivity contribution is 0.598. The number of nitrogens with one attached hydrogen (secondary N) is 1. The fraction of sp³-hybridized carbons (Fsp3) is 0.273. The van der Waals surface area contributed by atoms with Gasteiger partial charge in [-0.05, 0) is 38.1 Å². The highest BCUT2D eigenvalue weighted by molar-refractivity contribution is 7.89. The molecule has 1 aromatic rings. The van der Waals surface area contributed by atoms with Crippen LogP contribution >= 0.6 is 0 Å². The summed E-state index contributed by atoms with van der Waals surface area (Å²) in [6.07, 6.45) is 2.05. The molecule has 0 aliphatic rings. The zero-order chi connectivity index (χ0) is 12.2. The maximum Gasteiger partial charge on any atom is 0.238 e. The van der Waals surface area contributed by atoms with Gasteiger partial charge in [0.15, 0.2) is 0 Å². The van der Waals surface area contributed by atoms with Crippen molar-refractivity contribution in [3.63, 3.8) is 0 Å². The second-order valence-electron chi connectivity index (χ2n) is 3.73. The predicted octanol–water partition coefficient (Wildman–Crippen LogP) is 1.71. The fourth-order valence-electron chi connectivity index (χ4n) is 1.14. The van der Waals surface area contributed by atoms with Gasteiger partial charge in [0.05, 0.1) is 4.90 Å². The highest BCUT2D eigenvalue weighted by Gasteiger charge is 2.05. The van der Waals surface area contributed by atoms with E-state index in [2.05, 4.69) is 5.32 Å². The number of rotatable bonds is 4. The molecule has 0 spiro atoms. The largest absolute Gasteiger partial charge is 0.382 e. The van der Waals surface area contributed by atoms with Crippen LogP contribution in [0.4, 0.5) is 5.69 Å². The first-order chi connectivity index (χ1) is 7.39. The van der Waals surface area contributed by atoms with Gasteiger partial charge in [0.25, 0.3) is 0 Å². The molecular weight excluding hydrogens is 224 g/mol. The average molecular weight is 240 g/mol. The van der Waals surface area contributed by atoms with E-state index in [1.54, 1.807) is 12.1 Å². The molecule has 0 fully saturated rings. The summed E-state index contributed by atoms with van der Waals surface area (Å²) in [7, 11) is -3.59. The molecule has 4 nitrogen and oxygen atoms in total. The highest BCUT2D eigenvalue weighted by Crippen LogP contribution is 2.12. The first-order valence-corrected chi connectivity index (χ1v) is 6.44. The zero-order valence-corrected chi connectivity index (χ0v) is 10.2. The number of benzene rings is 1. The monoisotopic (exact) mass is 240 g/mol. The van der Waals surface area contributed by atoms with Crippen LogP contribution < -0.4 is 10.5 Å². The second-order valence-corrected chi connectivity index (χ2v) is 5.29. The number of nitrogens with two attached hydrogens (primary N) is 1. The van der Waals surface area contributed by atoms with E-state index in [0.717, 1.165) is 12.2 Å². The van der Waals surface area contributed by atoms with E-state index in [1.165, 1.54) is 17.7 Å². The summed E-state index contributed by atoms with van der Waals surface area (Å²) < 4.78 is 22.0. The van der Waals surface area contributed by atoms with Crippen molar-refractivity contribution < 1.29 is 8.42 Å². The first kappa shape index (κ1) is 12.7. The molecule has 1 aromatic carbocycles. The summed E-state index contributed by atoms with van der Waals surface area (Å²) in [6, 6.07) is 6.36. The van der Waals surface area contributed by atoms with Gasteiger partial charge in [0, 0.05) is 12.2 Å². The van der Waals surface area contributed by atoms with Gasteiger partial charge in [-0.3, -0.25) is 0 Å². The Morgan fingerprint density at radius 1 is 1.31 bits per heavy atom. The van der Waals surface area contributed by atoms with Gasteiger partial charge >= 0.3 is 0 Å². The minimum atomic E-state index is -3.59. The number of primary sulfonamides is 1. The van der Waals surface area contributed by atoms with Crippen molar-refractivity contribution in [1.82, 2.24) is 0 Å². The molecule has 16 heavy (non-hydrogen) atoms. The van der Waals surface area contributed by atoms with Crippen LogP contribution in [-0.4, -0.2) is 15.0 Å². The van der Waals surface area contributed by atoms with Crippen LogP contribution in [0.25, 0.3) is 0 Å². The van der Waals surface area contributed by atoms with Crippen LogP contribution in [-0.2, 0) is 10.0 Å². The lowest BCUT2D eigenvalue weighted by Gasteiger charge is -2.04. The van der Waals surface area contributed by atoms with Crippen molar-refractivity contribution in [1.29, 1.82) is 0 Å². The Balaban J connectivity index is 2.69. The molecule has 0 bridgehead atoms. The SMILES string of the molecule is CC(C)=CCNc1ccc(S(N)(=O)=O)cc1. The summed E-state index contributed by atoms with van der Waals surface area (Å²) in [5.41, 5.74) is 2.10. The van der Waals surface area contributed by atoms with Gasteiger partial charge < -0.3 is 5.32 Å². The fourth-order valence-corrected chi connectivity index (χ4v) is 1.65. The maximum absolute atomic E-state index is 11.0. The molecular formula is C11H16N2O2S. The van der Waals surface area contributed by atoms with Crippen molar-refractivity contribution in [2.24, 2.45) is 5.14 Å². The molecule has 88 valence electrons. The zero-order valence-electron chi connectivity index (χ0n) is 9.40. The third-order valence-corrected chi connectivity index (χ3v) is 2.93. The molecule has 0 amide bonds. The molecule has 0 aliphatic heterocycles. The van der Waals surface area contributed by atoms with E-state index in [-0.39, 0.29) is 4.90 Å². The van der Waals surface area contributed by atoms with Gasteiger partial charge in [-0.25, -0.2) is 13.6 Å². The Morgan fingerprint density at radius 2 is 1.88 bits per heavy atom. The van der Waals surface area contributed by atoms with Crippen molar-refractivity contribution in [3.8, 4) is 0 Å². The van der Waals surface area contributed by atoms with Gasteiger partial charge in [-0.2, -0.15) is 0 Å². The number of hydrogen-bond donors (Lipinski definition) is 2. The van der Waals surface area contributed by atoms with Crippen LogP contribution in [0.3, 0.4) is 0 Å². The molecule has 0 heterocycles. The number of anilines is 1. The molecule has 0 aromatic heterocycles. The summed E-state index contributed by atoms with van der Waals surface area (Å²) in [4.78, 5) is 0.125. The number of allylic oxidation sites excluding steroid dienone is 1. The predicted molar refractivity (Wildman–Crippen MR) is 65.7 cm³/mol. The highest BCUT2D eigenvalue weighted by atomic mass is 32.2. The van der Waals surface area contributed by atoms with Gasteiger partial charge in [0.2, 0.25) is 10.0 Å². The van der Waals surface area contributed by atoms with Crippen molar-refractivity contribution in [2.75, 3.05) is 11.9 Å². The van der Waals surface area contributed by atoms with E-state index in [0.29, 0.717) is 0 Å². The summed E-state index contributed by atoms with van der Waals surface area (Å²) >= 11 is 0. The maximum atomic E-state index is 11.0. The van der Waals surface area contributed by atoms with E-state index in [9.17, 15) is 8.42 Å². The van der Waals surface area contributed by atoms with E-state index < -0.39 is 10.0 Å². The molecule has 3 N–H and O–H groups in total. The molecule has 0 saturated carbocycles. The lowest BCUT2D eigenvalue weighted by Crippen LogP contribution is -2.12. The minimum absolute atomic E-state index is 0.125. The Morgan fingerprint density at radius 3 is 2.31 bits per heavy atom. The number of hydrogen-bond acceptors (Lipinski definition) is 3. The molecule has 5 heteroatoms. The van der Waals surface area contributed by atoms with Crippen molar-refractivity contribution in [3.05, 3.63) is 35.9 Å². The average Bonchev–Trinajstić information content (AvgIpc) is 2.16. The Bertz CT molecular complexity index is 471.